The molecule has 5 rings (SSSR count). The van der Waals surface area contributed by atoms with Crippen LogP contribution < -0.4 is 5.32 Å². The Morgan fingerprint density at radius 1 is 1.10 bits per heavy atom. The number of fused-ring (bicyclic) bond motifs is 7. The van der Waals surface area contributed by atoms with Crippen molar-refractivity contribution in [2.45, 2.75) is 104 Å². The van der Waals surface area contributed by atoms with Crippen LogP contribution in [0.3, 0.4) is 0 Å². The summed E-state index contributed by atoms with van der Waals surface area (Å²) in [5.41, 5.74) is -3.83. The molecule has 4 unspecified atom stereocenters. The summed E-state index contributed by atoms with van der Waals surface area (Å²) >= 11 is 0. The van der Waals surface area contributed by atoms with Crippen molar-refractivity contribution in [3.05, 3.63) is 23.3 Å². The van der Waals surface area contributed by atoms with E-state index in [-0.39, 0.29) is 16.8 Å². The maximum absolute atomic E-state index is 14.4. The Bertz CT molecular complexity index is 1280. The zero-order valence-corrected chi connectivity index (χ0v) is 24.9. The molecule has 0 aliphatic heterocycles. The van der Waals surface area contributed by atoms with Gasteiger partial charge in [-0.3, -0.25) is 9.59 Å². The zero-order valence-electron chi connectivity index (χ0n) is 24.9. The summed E-state index contributed by atoms with van der Waals surface area (Å²) in [7, 11) is 0. The second-order valence-corrected chi connectivity index (χ2v) is 15.3. The fourth-order valence-electron chi connectivity index (χ4n) is 10.2. The van der Waals surface area contributed by atoms with Gasteiger partial charge in [0, 0.05) is 17.3 Å². The number of rotatable bonds is 2. The van der Waals surface area contributed by atoms with E-state index in [0.29, 0.717) is 44.9 Å². The van der Waals surface area contributed by atoms with Gasteiger partial charge < -0.3 is 15.5 Å². The molecule has 0 heterocycles. The number of hydrogen-bond donors (Lipinski definition) is 3. The summed E-state index contributed by atoms with van der Waals surface area (Å²) < 4.78 is 39.4. The van der Waals surface area contributed by atoms with Gasteiger partial charge in [-0.25, -0.2) is 0 Å². The van der Waals surface area contributed by atoms with Crippen LogP contribution in [0.5, 0.6) is 0 Å². The second-order valence-electron chi connectivity index (χ2n) is 15.3. The lowest BCUT2D eigenvalue weighted by Crippen LogP contribution is -2.67. The first-order chi connectivity index (χ1) is 18.7. The Morgan fingerprint density at radius 2 is 1.73 bits per heavy atom. The van der Waals surface area contributed by atoms with Crippen molar-refractivity contribution in [1.82, 2.24) is 5.32 Å². The molecule has 0 aromatic rings. The number of carbonyl (C=O) groups excluding carboxylic acids is 2. The van der Waals surface area contributed by atoms with Crippen LogP contribution in [0.2, 0.25) is 0 Å². The van der Waals surface area contributed by atoms with Gasteiger partial charge in [0.05, 0.1) is 22.7 Å². The van der Waals surface area contributed by atoms with Crippen molar-refractivity contribution >= 4 is 11.7 Å². The average Bonchev–Trinajstić information content (AvgIpc) is 2.85. The molecule has 0 aromatic heterocycles. The molecule has 9 atom stereocenters. The lowest BCUT2D eigenvalue weighted by molar-refractivity contribution is -0.186. The van der Waals surface area contributed by atoms with E-state index in [9.17, 15) is 38.2 Å². The highest BCUT2D eigenvalue weighted by Crippen LogP contribution is 2.74. The highest BCUT2D eigenvalue weighted by molar-refractivity contribution is 5.96. The molecule has 3 fully saturated rings. The molecule has 0 saturated heterocycles. The van der Waals surface area contributed by atoms with Crippen LogP contribution in [0.25, 0.3) is 0 Å². The van der Waals surface area contributed by atoms with Crippen LogP contribution in [0, 0.1) is 56.2 Å². The van der Waals surface area contributed by atoms with Crippen molar-refractivity contribution < 1.29 is 33.0 Å². The molecular formula is C32H43F3N2O4. The number of ketones is 1. The van der Waals surface area contributed by atoms with Crippen molar-refractivity contribution in [3.8, 4) is 6.07 Å². The largest absolute Gasteiger partial charge is 0.405 e. The van der Waals surface area contributed by atoms with Gasteiger partial charge in [0.1, 0.15) is 12.6 Å². The standard InChI is InChI=1S/C32H43F3N2O4/c1-26(2)9-11-31(25(40)37-17-32(33,34)35)12-10-29(5)23(19(31)15-26)20(38)13-22-27(3)14-18(16-36)24(39)30(6,41)21(27)7-8-28(22,29)4/h13-14,19,21,23-24,39,41H,7-12,15,17H2,1-6H3,(H,37,40)/t19?,21?,23?,24?,27-,28+,29+,30-,31-/m0/s1. The molecule has 6 nitrogen and oxygen atoms in total. The third-order valence-electron chi connectivity index (χ3n) is 12.6. The summed E-state index contributed by atoms with van der Waals surface area (Å²) in [5, 5.41) is 34.3. The Morgan fingerprint density at radius 3 is 2.34 bits per heavy atom. The first-order valence-corrected chi connectivity index (χ1v) is 14.8. The summed E-state index contributed by atoms with van der Waals surface area (Å²) in [4.78, 5) is 28.0. The van der Waals surface area contributed by atoms with Crippen molar-refractivity contribution in [2.24, 2.45) is 44.8 Å². The number of allylic oxidation sites excluding steroid dienone is 3. The number of aliphatic hydroxyl groups excluding tert-OH is 1. The van der Waals surface area contributed by atoms with Crippen molar-refractivity contribution in [2.75, 3.05) is 6.54 Å². The molecule has 9 heteroatoms. The number of nitriles is 1. The Labute approximate surface area is 240 Å². The van der Waals surface area contributed by atoms with Crippen LogP contribution in [0.1, 0.15) is 86.5 Å². The minimum Gasteiger partial charge on any atom is -0.387 e. The molecule has 5 aliphatic carbocycles. The van der Waals surface area contributed by atoms with Crippen molar-refractivity contribution in [3.63, 3.8) is 0 Å². The van der Waals surface area contributed by atoms with E-state index < -0.39 is 69.7 Å². The molecular weight excluding hydrogens is 533 g/mol. The van der Waals surface area contributed by atoms with Gasteiger partial charge in [-0.1, -0.05) is 46.3 Å². The third-order valence-corrected chi connectivity index (χ3v) is 12.6. The predicted octanol–water partition coefficient (Wildman–Crippen LogP) is 5.40. The minimum atomic E-state index is -4.52. The highest BCUT2D eigenvalue weighted by atomic mass is 19.4. The first-order valence-electron chi connectivity index (χ1n) is 14.8. The van der Waals surface area contributed by atoms with E-state index in [1.54, 1.807) is 19.1 Å². The molecule has 3 N–H and O–H groups in total. The van der Waals surface area contributed by atoms with E-state index >= 15 is 0 Å². The average molecular weight is 577 g/mol. The number of nitrogens with zero attached hydrogens (tertiary/aromatic N) is 1. The maximum atomic E-state index is 14.4. The Hall–Kier alpha value is -2.18. The predicted molar refractivity (Wildman–Crippen MR) is 146 cm³/mol. The fourth-order valence-corrected chi connectivity index (χ4v) is 10.2. The highest BCUT2D eigenvalue weighted by Gasteiger charge is 2.71. The number of hydrogen-bond acceptors (Lipinski definition) is 5. The number of amides is 1. The topological polar surface area (TPSA) is 110 Å². The van der Waals surface area contributed by atoms with Gasteiger partial charge in [-0.2, -0.15) is 18.4 Å². The normalized spacial score (nSPS) is 46.9. The smallest absolute Gasteiger partial charge is 0.387 e. The molecule has 0 aromatic carbocycles. The number of alkyl halides is 3. The van der Waals surface area contributed by atoms with Crippen LogP contribution in [-0.2, 0) is 9.59 Å². The summed E-state index contributed by atoms with van der Waals surface area (Å²) in [6, 6.07) is 2.05. The molecule has 0 spiro atoms. The SMILES string of the molecule is CC1(C)CC[C@]2(C(=O)NCC(F)(F)F)CC[C@]3(C)C(C(=O)C=C4[C@@]5(C)C=C(C#N)C(O)[C@@](C)(O)C5CC[C@]43C)C2C1. The van der Waals surface area contributed by atoms with Gasteiger partial charge in [-0.05, 0) is 80.1 Å². The van der Waals surface area contributed by atoms with E-state index in [0.717, 1.165) is 5.57 Å². The van der Waals surface area contributed by atoms with Gasteiger partial charge >= 0.3 is 6.18 Å². The monoisotopic (exact) mass is 576 g/mol. The zero-order chi connectivity index (χ0) is 30.6. The minimum absolute atomic E-state index is 0.0802. The third kappa shape index (κ3) is 4.10. The molecule has 5 aliphatic rings. The van der Waals surface area contributed by atoms with E-state index in [1.165, 1.54) is 0 Å². The number of halogens is 3. The molecule has 3 saturated carbocycles. The van der Waals surface area contributed by atoms with E-state index in [2.05, 4.69) is 39.1 Å². The van der Waals surface area contributed by atoms with Gasteiger partial charge in [0.25, 0.3) is 0 Å². The summed E-state index contributed by atoms with van der Waals surface area (Å²) in [6.45, 7) is 10.6. The number of nitrogens with one attached hydrogen (secondary N) is 1. The first kappa shape index (κ1) is 30.3. The quantitative estimate of drug-likeness (QED) is 0.408. The maximum Gasteiger partial charge on any atom is 0.405 e. The molecule has 0 bridgehead atoms. The molecule has 1 amide bonds. The van der Waals surface area contributed by atoms with Gasteiger partial charge in [0.15, 0.2) is 5.78 Å². The van der Waals surface area contributed by atoms with Crippen LogP contribution in [-0.4, -0.2) is 46.3 Å². The van der Waals surface area contributed by atoms with Crippen molar-refractivity contribution in [1.29, 1.82) is 5.26 Å². The number of aliphatic hydroxyl groups is 2. The van der Waals surface area contributed by atoms with E-state index in [4.69, 9.17) is 0 Å². The van der Waals surface area contributed by atoms with Gasteiger partial charge in [0.2, 0.25) is 5.91 Å². The molecule has 0 radical (unpaired) electrons. The Kier molecular flexibility index (Phi) is 6.59. The van der Waals surface area contributed by atoms with Crippen LogP contribution in [0.4, 0.5) is 13.2 Å². The van der Waals surface area contributed by atoms with Crippen LogP contribution >= 0.6 is 0 Å². The van der Waals surface area contributed by atoms with Crippen LogP contribution in [0.15, 0.2) is 23.3 Å². The van der Waals surface area contributed by atoms with Gasteiger partial charge in [-0.15, -0.1) is 0 Å². The second kappa shape index (κ2) is 8.92. The molecule has 226 valence electrons. The molecule has 41 heavy (non-hydrogen) atoms. The lowest BCUT2D eigenvalue weighted by atomic mass is 9.34. The summed E-state index contributed by atoms with van der Waals surface area (Å²) in [6.07, 6.45) is 1.36. The fraction of sp³-hybridized carbons (Fsp3) is 0.781. The van der Waals surface area contributed by atoms with E-state index in [1.807, 2.05) is 6.92 Å². The summed E-state index contributed by atoms with van der Waals surface area (Å²) in [5.74, 6) is -2.10. The Balaban J connectivity index is 1.64. The number of carbonyl (C=O) groups is 2. The lowest BCUT2D eigenvalue weighted by Gasteiger charge is -2.69.